The number of benzene rings is 1. The van der Waals surface area contributed by atoms with Crippen LogP contribution in [0.25, 0.3) is 0 Å². The summed E-state index contributed by atoms with van der Waals surface area (Å²) in [5.74, 6) is -4.88. The second kappa shape index (κ2) is 7.97. The molecule has 8 heteroatoms. The Hall–Kier alpha value is -2.32. The summed E-state index contributed by atoms with van der Waals surface area (Å²) in [5.41, 5.74) is 0.875. The van der Waals surface area contributed by atoms with Gasteiger partial charge >= 0.3 is 7.48 Å². The number of aliphatic hydroxyl groups excluding tert-OH is 1. The van der Waals surface area contributed by atoms with Gasteiger partial charge in [-0.3, -0.25) is 4.79 Å². The number of hydrogen-bond donors (Lipinski definition) is 1. The highest BCUT2D eigenvalue weighted by Gasteiger charge is 2.34. The molecule has 0 saturated heterocycles. The quantitative estimate of drug-likeness (QED) is 0.441. The van der Waals surface area contributed by atoms with Crippen LogP contribution in [-0.2, 0) is 4.65 Å². The zero-order valence-electron chi connectivity index (χ0n) is 15.6. The van der Waals surface area contributed by atoms with Crippen molar-refractivity contribution in [2.75, 3.05) is 13.2 Å². The first-order valence-corrected chi connectivity index (χ1v) is 8.85. The SMILES string of the molecule is CC(C)(CO)CO[B]C1=CC=CN2C1=CCC2C(=O)c1cc(F)c(F)c(F)c1. The van der Waals surface area contributed by atoms with Gasteiger partial charge in [-0.05, 0) is 30.1 Å². The van der Waals surface area contributed by atoms with Crippen molar-refractivity contribution in [1.29, 1.82) is 0 Å². The molecular weight excluding hydrogens is 370 g/mol. The molecule has 2 aliphatic heterocycles. The molecule has 0 amide bonds. The van der Waals surface area contributed by atoms with Crippen LogP contribution in [0, 0.1) is 22.9 Å². The van der Waals surface area contributed by atoms with Gasteiger partial charge < -0.3 is 14.7 Å². The number of rotatable bonds is 7. The normalized spacial score (nSPS) is 18.6. The van der Waals surface area contributed by atoms with Gasteiger partial charge in [0.15, 0.2) is 23.2 Å². The molecule has 1 N–H and O–H groups in total. The van der Waals surface area contributed by atoms with E-state index in [9.17, 15) is 23.1 Å². The number of Topliss-reactive ketones (excluding diaryl/α,β-unsaturated/α-hetero) is 1. The van der Waals surface area contributed by atoms with E-state index in [0.29, 0.717) is 13.0 Å². The van der Waals surface area contributed by atoms with Gasteiger partial charge in [0.25, 0.3) is 0 Å². The Morgan fingerprint density at radius 1 is 1.32 bits per heavy atom. The van der Waals surface area contributed by atoms with Crippen LogP contribution in [0.2, 0.25) is 0 Å². The summed E-state index contributed by atoms with van der Waals surface area (Å²) in [6.45, 7) is 4.03. The van der Waals surface area contributed by atoms with Crippen molar-refractivity contribution in [1.82, 2.24) is 4.90 Å². The molecule has 28 heavy (non-hydrogen) atoms. The molecule has 0 fully saturated rings. The predicted octanol–water partition coefficient (Wildman–Crippen LogP) is 3.31. The Morgan fingerprint density at radius 2 is 2.00 bits per heavy atom. The van der Waals surface area contributed by atoms with E-state index in [2.05, 4.69) is 0 Å². The molecule has 0 aromatic heterocycles. The van der Waals surface area contributed by atoms with Crippen LogP contribution in [-0.4, -0.2) is 42.5 Å². The third-order valence-corrected chi connectivity index (χ3v) is 4.65. The van der Waals surface area contributed by atoms with Crippen LogP contribution < -0.4 is 0 Å². The van der Waals surface area contributed by atoms with Gasteiger partial charge in [0, 0.05) is 29.5 Å². The fourth-order valence-electron chi connectivity index (χ4n) is 3.01. The number of aliphatic hydroxyl groups is 1. The van der Waals surface area contributed by atoms with Crippen molar-refractivity contribution in [2.45, 2.75) is 26.3 Å². The zero-order valence-corrected chi connectivity index (χ0v) is 15.6. The standard InChI is InChI=1S/C20H20BF3NO3/c1-20(2,10-26)11-28-21-13-4-3-7-25-16(13)5-6-17(25)19(27)12-8-14(22)18(24)15(23)9-12/h3-5,7-9,17,26H,6,10-11H2,1-2H3. The van der Waals surface area contributed by atoms with Crippen LogP contribution >= 0.6 is 0 Å². The molecule has 0 saturated carbocycles. The average Bonchev–Trinajstić information content (AvgIpc) is 3.10. The van der Waals surface area contributed by atoms with Crippen molar-refractivity contribution in [3.63, 3.8) is 0 Å². The molecule has 4 nitrogen and oxygen atoms in total. The summed E-state index contributed by atoms with van der Waals surface area (Å²) in [5, 5.41) is 9.29. The first-order valence-electron chi connectivity index (χ1n) is 8.85. The van der Waals surface area contributed by atoms with Crippen molar-refractivity contribution < 1.29 is 27.7 Å². The topological polar surface area (TPSA) is 49.8 Å². The van der Waals surface area contributed by atoms with Crippen LogP contribution in [0.3, 0.4) is 0 Å². The first kappa shape index (κ1) is 20.4. The van der Waals surface area contributed by atoms with Crippen molar-refractivity contribution in [3.8, 4) is 0 Å². The highest BCUT2D eigenvalue weighted by molar-refractivity contribution is 6.40. The third kappa shape index (κ3) is 4.08. The second-order valence-electron chi connectivity index (χ2n) is 7.58. The van der Waals surface area contributed by atoms with E-state index in [0.717, 1.165) is 23.3 Å². The van der Waals surface area contributed by atoms with Gasteiger partial charge in [-0.2, -0.15) is 0 Å². The van der Waals surface area contributed by atoms with Crippen LogP contribution in [0.15, 0.2) is 47.7 Å². The lowest BCUT2D eigenvalue weighted by atomic mass is 9.82. The Kier molecular flexibility index (Phi) is 5.81. The number of carbonyl (C=O) groups excluding carboxylic acids is 1. The predicted molar refractivity (Wildman–Crippen MR) is 98.8 cm³/mol. The highest BCUT2D eigenvalue weighted by Crippen LogP contribution is 2.32. The molecule has 1 radical (unpaired) electrons. The molecule has 1 aromatic carbocycles. The van der Waals surface area contributed by atoms with Gasteiger partial charge in [-0.1, -0.05) is 26.0 Å². The molecule has 2 heterocycles. The maximum Gasteiger partial charge on any atom is 0.332 e. The van der Waals surface area contributed by atoms with Crippen LogP contribution in [0.5, 0.6) is 0 Å². The summed E-state index contributed by atoms with van der Waals surface area (Å²) in [6, 6.07) is 0.756. The summed E-state index contributed by atoms with van der Waals surface area (Å²) in [4.78, 5) is 14.5. The largest absolute Gasteiger partial charge is 0.433 e. The van der Waals surface area contributed by atoms with E-state index < -0.39 is 29.3 Å². The van der Waals surface area contributed by atoms with Gasteiger partial charge in [0.05, 0.1) is 6.61 Å². The minimum atomic E-state index is -1.59. The monoisotopic (exact) mass is 390 g/mol. The molecule has 0 spiro atoms. The molecule has 0 aliphatic carbocycles. The number of nitrogens with zero attached hydrogens (tertiary/aromatic N) is 1. The lowest BCUT2D eigenvalue weighted by molar-refractivity contribution is 0.0905. The van der Waals surface area contributed by atoms with E-state index in [1.807, 2.05) is 26.0 Å². The lowest BCUT2D eigenvalue weighted by Crippen LogP contribution is -2.35. The van der Waals surface area contributed by atoms with Gasteiger partial charge in [0.1, 0.15) is 6.04 Å². The molecule has 1 aromatic rings. The minimum absolute atomic E-state index is 0.0179. The smallest absolute Gasteiger partial charge is 0.332 e. The Bertz CT molecular complexity index is 856. The van der Waals surface area contributed by atoms with E-state index in [1.165, 1.54) is 0 Å². The van der Waals surface area contributed by atoms with Gasteiger partial charge in [-0.15, -0.1) is 0 Å². The first-order chi connectivity index (χ1) is 13.2. The Balaban J connectivity index is 1.70. The van der Waals surface area contributed by atoms with Crippen LogP contribution in [0.4, 0.5) is 13.2 Å². The number of allylic oxidation sites excluding steroid dienone is 3. The fraction of sp³-hybridized carbons (Fsp3) is 0.350. The van der Waals surface area contributed by atoms with Crippen molar-refractivity contribution >= 4 is 13.3 Å². The maximum atomic E-state index is 13.5. The molecule has 1 unspecified atom stereocenters. The lowest BCUT2D eigenvalue weighted by Gasteiger charge is -2.29. The highest BCUT2D eigenvalue weighted by atomic mass is 19.2. The molecule has 147 valence electrons. The summed E-state index contributed by atoms with van der Waals surface area (Å²) in [6.07, 6.45) is 7.43. The molecule has 3 rings (SSSR count). The number of fused-ring (bicyclic) bond motifs is 1. The van der Waals surface area contributed by atoms with Gasteiger partial charge in [-0.25, -0.2) is 13.2 Å². The van der Waals surface area contributed by atoms with E-state index in [-0.39, 0.29) is 17.6 Å². The summed E-state index contributed by atoms with van der Waals surface area (Å²) >= 11 is 0. The van der Waals surface area contributed by atoms with E-state index in [1.54, 1.807) is 24.7 Å². The second-order valence-corrected chi connectivity index (χ2v) is 7.58. The van der Waals surface area contributed by atoms with E-state index >= 15 is 0 Å². The molecule has 0 bridgehead atoms. The fourth-order valence-corrected chi connectivity index (χ4v) is 3.01. The van der Waals surface area contributed by atoms with Crippen molar-refractivity contribution in [2.24, 2.45) is 5.41 Å². The number of carbonyl (C=O) groups is 1. The van der Waals surface area contributed by atoms with Crippen molar-refractivity contribution in [3.05, 3.63) is 70.7 Å². The van der Waals surface area contributed by atoms with E-state index in [4.69, 9.17) is 4.65 Å². The summed E-state index contributed by atoms with van der Waals surface area (Å²) in [7, 11) is 1.56. The number of halogens is 3. The third-order valence-electron chi connectivity index (χ3n) is 4.65. The molecule has 2 aliphatic rings. The zero-order chi connectivity index (χ0) is 20.5. The Labute approximate surface area is 162 Å². The minimum Gasteiger partial charge on any atom is -0.433 e. The Morgan fingerprint density at radius 3 is 2.64 bits per heavy atom. The number of hydrogen-bond acceptors (Lipinski definition) is 4. The number of ketones is 1. The van der Waals surface area contributed by atoms with Gasteiger partial charge in [0.2, 0.25) is 0 Å². The molecule has 1 atom stereocenters. The van der Waals surface area contributed by atoms with Crippen LogP contribution in [0.1, 0.15) is 30.6 Å². The summed E-state index contributed by atoms with van der Waals surface area (Å²) < 4.78 is 45.7. The maximum absolute atomic E-state index is 13.5. The average molecular weight is 390 g/mol. The molecular formula is C20H20BF3NO3.